The van der Waals surface area contributed by atoms with Crippen LogP contribution in [0.5, 0.6) is 5.75 Å². The third-order valence-electron chi connectivity index (χ3n) is 6.52. The van der Waals surface area contributed by atoms with Gasteiger partial charge in [0.2, 0.25) is 5.95 Å². The van der Waals surface area contributed by atoms with E-state index in [1.165, 1.54) is 0 Å². The van der Waals surface area contributed by atoms with Crippen molar-refractivity contribution >= 4 is 28.4 Å². The van der Waals surface area contributed by atoms with Crippen LogP contribution in [0.15, 0.2) is 35.4 Å². The summed E-state index contributed by atoms with van der Waals surface area (Å²) in [4.78, 5) is 30.5. The number of piperazine rings is 1. The first kappa shape index (κ1) is 21.6. The number of anilines is 3. The van der Waals surface area contributed by atoms with Gasteiger partial charge in [0.1, 0.15) is 5.75 Å². The van der Waals surface area contributed by atoms with Gasteiger partial charge in [-0.05, 0) is 45.1 Å². The van der Waals surface area contributed by atoms with Crippen molar-refractivity contribution in [3.05, 3.63) is 41.1 Å². The van der Waals surface area contributed by atoms with Crippen LogP contribution in [0, 0.1) is 0 Å². The summed E-state index contributed by atoms with van der Waals surface area (Å²) >= 11 is 0. The van der Waals surface area contributed by atoms with E-state index in [0.29, 0.717) is 11.6 Å². The maximum atomic E-state index is 12.6. The molecule has 0 amide bonds. The molecular formula is C23H30N8O2. The average molecular weight is 451 g/mol. The fraction of sp³-hybridized carbons (Fsp3) is 0.478. The van der Waals surface area contributed by atoms with E-state index in [1.807, 2.05) is 12.1 Å². The van der Waals surface area contributed by atoms with E-state index in [1.54, 1.807) is 24.1 Å². The molecule has 10 heteroatoms. The second-order valence-corrected chi connectivity index (χ2v) is 8.66. The lowest BCUT2D eigenvalue weighted by Crippen LogP contribution is -2.44. The summed E-state index contributed by atoms with van der Waals surface area (Å²) in [5.74, 6) is 1.14. The number of fused-ring (bicyclic) bond motifs is 1. The second kappa shape index (κ2) is 9.32. The molecule has 2 saturated heterocycles. The summed E-state index contributed by atoms with van der Waals surface area (Å²) in [6.07, 6.45) is 4.99. The van der Waals surface area contributed by atoms with Crippen molar-refractivity contribution < 1.29 is 4.74 Å². The summed E-state index contributed by atoms with van der Waals surface area (Å²) in [6.45, 7) is 5.81. The van der Waals surface area contributed by atoms with Gasteiger partial charge in [0.05, 0.1) is 18.2 Å². The van der Waals surface area contributed by atoms with E-state index in [4.69, 9.17) is 9.72 Å². The molecule has 0 bridgehead atoms. The molecule has 0 atom stereocenters. The van der Waals surface area contributed by atoms with E-state index in [2.05, 4.69) is 43.5 Å². The number of benzene rings is 1. The molecule has 1 aromatic carbocycles. The van der Waals surface area contributed by atoms with Gasteiger partial charge in [0, 0.05) is 56.4 Å². The number of piperidine rings is 1. The predicted octanol–water partition coefficient (Wildman–Crippen LogP) is 1.61. The third-order valence-corrected chi connectivity index (χ3v) is 6.52. The number of nitrogens with zero attached hydrogens (tertiary/aromatic N) is 6. The number of hydrogen-bond donors (Lipinski definition) is 2. The Kier molecular flexibility index (Phi) is 6.10. The Hall–Kier alpha value is -3.24. The highest BCUT2D eigenvalue weighted by Gasteiger charge is 2.20. The van der Waals surface area contributed by atoms with Gasteiger partial charge < -0.3 is 25.2 Å². The lowest BCUT2D eigenvalue weighted by atomic mass is 10.1. The Morgan fingerprint density at radius 1 is 1.09 bits per heavy atom. The maximum absolute atomic E-state index is 12.6. The topological polar surface area (TPSA) is 100 Å². The SMILES string of the molecule is COc1cc(N2CCN(C)CC2)ccc1Nc1ncc2cnc(=O)n(C3CCNCC3)c2n1. The maximum Gasteiger partial charge on any atom is 0.349 e. The minimum atomic E-state index is -0.270. The highest BCUT2D eigenvalue weighted by molar-refractivity contribution is 5.76. The van der Waals surface area contributed by atoms with E-state index >= 15 is 0 Å². The minimum absolute atomic E-state index is 0.0788. The molecule has 4 heterocycles. The summed E-state index contributed by atoms with van der Waals surface area (Å²) < 4.78 is 7.39. The van der Waals surface area contributed by atoms with Crippen molar-refractivity contribution in [3.63, 3.8) is 0 Å². The van der Waals surface area contributed by atoms with Crippen molar-refractivity contribution in [3.8, 4) is 5.75 Å². The monoisotopic (exact) mass is 450 g/mol. The highest BCUT2D eigenvalue weighted by Crippen LogP contribution is 2.32. The van der Waals surface area contributed by atoms with Gasteiger partial charge in [-0.15, -0.1) is 0 Å². The largest absolute Gasteiger partial charge is 0.494 e. The van der Waals surface area contributed by atoms with Gasteiger partial charge >= 0.3 is 5.69 Å². The molecule has 0 spiro atoms. The standard InChI is InChI=1S/C23H30N8O2/c1-29-9-11-30(12-10-29)18-3-4-19(20(13-18)33-2)27-22-25-14-16-15-26-23(32)31(21(16)28-22)17-5-7-24-8-6-17/h3-4,13-15,17,24H,5-12H2,1-2H3,(H,25,27,28). The fourth-order valence-corrected chi connectivity index (χ4v) is 4.56. The van der Waals surface area contributed by atoms with Gasteiger partial charge in [-0.25, -0.2) is 14.8 Å². The normalized spacial score (nSPS) is 17.9. The zero-order valence-electron chi connectivity index (χ0n) is 19.1. The molecule has 2 N–H and O–H groups in total. The van der Waals surface area contributed by atoms with Gasteiger partial charge in [0.15, 0.2) is 5.65 Å². The van der Waals surface area contributed by atoms with Crippen molar-refractivity contribution in [2.75, 3.05) is 63.6 Å². The molecule has 0 saturated carbocycles. The molecule has 2 aliphatic heterocycles. The summed E-state index contributed by atoms with van der Waals surface area (Å²) in [7, 11) is 3.81. The lowest BCUT2D eigenvalue weighted by Gasteiger charge is -2.34. The number of likely N-dealkylation sites (N-methyl/N-ethyl adjacent to an activating group) is 1. The molecule has 5 rings (SSSR count). The van der Waals surface area contributed by atoms with Crippen LogP contribution in [0.25, 0.3) is 11.0 Å². The predicted molar refractivity (Wildman–Crippen MR) is 129 cm³/mol. The molecule has 10 nitrogen and oxygen atoms in total. The van der Waals surface area contributed by atoms with Crippen LogP contribution in [0.4, 0.5) is 17.3 Å². The summed E-state index contributed by atoms with van der Waals surface area (Å²) in [5.41, 5.74) is 2.25. The first-order valence-electron chi connectivity index (χ1n) is 11.5. The lowest BCUT2D eigenvalue weighted by molar-refractivity contribution is 0.312. The Morgan fingerprint density at radius 2 is 1.85 bits per heavy atom. The van der Waals surface area contributed by atoms with Crippen molar-refractivity contribution in [1.29, 1.82) is 0 Å². The molecule has 3 aromatic rings. The molecule has 2 aliphatic rings. The zero-order chi connectivity index (χ0) is 22.8. The van der Waals surface area contributed by atoms with Gasteiger partial charge in [0.25, 0.3) is 0 Å². The van der Waals surface area contributed by atoms with Gasteiger partial charge in [-0.3, -0.25) is 4.57 Å². The third kappa shape index (κ3) is 4.49. The zero-order valence-corrected chi connectivity index (χ0v) is 19.1. The fourth-order valence-electron chi connectivity index (χ4n) is 4.56. The average Bonchev–Trinajstić information content (AvgIpc) is 2.85. The van der Waals surface area contributed by atoms with Crippen LogP contribution in [0.3, 0.4) is 0 Å². The Bertz CT molecular complexity index is 1180. The quantitative estimate of drug-likeness (QED) is 0.600. The Balaban J connectivity index is 1.44. The van der Waals surface area contributed by atoms with Crippen LogP contribution in [0.1, 0.15) is 18.9 Å². The van der Waals surface area contributed by atoms with Crippen LogP contribution in [-0.4, -0.2) is 77.8 Å². The van der Waals surface area contributed by atoms with Crippen molar-refractivity contribution in [2.45, 2.75) is 18.9 Å². The summed E-state index contributed by atoms with van der Waals surface area (Å²) in [5, 5.41) is 7.37. The number of nitrogens with one attached hydrogen (secondary N) is 2. The first-order valence-corrected chi connectivity index (χ1v) is 11.5. The number of methoxy groups -OCH3 is 1. The molecule has 0 aliphatic carbocycles. The van der Waals surface area contributed by atoms with Crippen LogP contribution >= 0.6 is 0 Å². The van der Waals surface area contributed by atoms with Crippen LogP contribution in [0.2, 0.25) is 0 Å². The Morgan fingerprint density at radius 3 is 2.61 bits per heavy atom. The number of aromatic nitrogens is 4. The summed E-state index contributed by atoms with van der Waals surface area (Å²) in [6, 6.07) is 6.21. The van der Waals surface area contributed by atoms with Gasteiger partial charge in [-0.2, -0.15) is 4.98 Å². The number of rotatable bonds is 5. The van der Waals surface area contributed by atoms with E-state index in [9.17, 15) is 4.79 Å². The molecule has 2 aromatic heterocycles. The van der Waals surface area contributed by atoms with Gasteiger partial charge in [-0.1, -0.05) is 0 Å². The molecule has 0 unspecified atom stereocenters. The van der Waals surface area contributed by atoms with E-state index in [-0.39, 0.29) is 11.7 Å². The van der Waals surface area contributed by atoms with Crippen molar-refractivity contribution in [1.82, 2.24) is 29.7 Å². The van der Waals surface area contributed by atoms with Crippen LogP contribution in [-0.2, 0) is 0 Å². The van der Waals surface area contributed by atoms with E-state index in [0.717, 1.165) is 74.6 Å². The molecule has 0 radical (unpaired) electrons. The molecular weight excluding hydrogens is 420 g/mol. The van der Waals surface area contributed by atoms with Crippen LogP contribution < -0.4 is 26.0 Å². The van der Waals surface area contributed by atoms with Crippen molar-refractivity contribution in [2.24, 2.45) is 0 Å². The Labute approximate surface area is 192 Å². The first-order chi connectivity index (χ1) is 16.1. The van der Waals surface area contributed by atoms with E-state index < -0.39 is 0 Å². The number of hydrogen-bond acceptors (Lipinski definition) is 9. The number of ether oxygens (including phenoxy) is 1. The molecule has 33 heavy (non-hydrogen) atoms. The molecule has 2 fully saturated rings. The minimum Gasteiger partial charge on any atom is -0.494 e. The molecule has 174 valence electrons. The highest BCUT2D eigenvalue weighted by atomic mass is 16.5. The smallest absolute Gasteiger partial charge is 0.349 e. The second-order valence-electron chi connectivity index (χ2n) is 8.66.